The van der Waals surface area contributed by atoms with E-state index in [0.717, 1.165) is 19.4 Å². The molecule has 0 amide bonds. The van der Waals surface area contributed by atoms with E-state index in [1.807, 2.05) is 18.2 Å². The molecule has 3 nitrogen and oxygen atoms in total. The van der Waals surface area contributed by atoms with Gasteiger partial charge in [0.1, 0.15) is 6.10 Å². The molecule has 3 atom stereocenters. The highest BCUT2D eigenvalue weighted by Gasteiger charge is 2.38. The van der Waals surface area contributed by atoms with Gasteiger partial charge >= 0.3 is 0 Å². The highest BCUT2D eigenvalue weighted by atomic mass is 16.6. The van der Waals surface area contributed by atoms with E-state index in [4.69, 9.17) is 14.2 Å². The van der Waals surface area contributed by atoms with Crippen molar-refractivity contribution >= 4 is 0 Å². The van der Waals surface area contributed by atoms with Gasteiger partial charge < -0.3 is 14.2 Å². The van der Waals surface area contributed by atoms with E-state index < -0.39 is 0 Å². The maximum atomic E-state index is 5.87. The van der Waals surface area contributed by atoms with Crippen molar-refractivity contribution in [3.05, 3.63) is 35.9 Å². The minimum Gasteiger partial charge on any atom is -0.374 e. The minimum absolute atomic E-state index is 0.257. The van der Waals surface area contributed by atoms with E-state index in [0.29, 0.717) is 25.4 Å². The van der Waals surface area contributed by atoms with Crippen LogP contribution in [0, 0.1) is 0 Å². The Morgan fingerprint density at radius 2 is 1.94 bits per heavy atom. The van der Waals surface area contributed by atoms with Crippen LogP contribution in [-0.4, -0.2) is 31.5 Å². The van der Waals surface area contributed by atoms with E-state index in [1.54, 1.807) is 0 Å². The Morgan fingerprint density at radius 1 is 1.12 bits per heavy atom. The van der Waals surface area contributed by atoms with Gasteiger partial charge in [-0.3, -0.25) is 0 Å². The van der Waals surface area contributed by atoms with Crippen LogP contribution >= 0.6 is 0 Å². The molecule has 2 saturated heterocycles. The first-order valence-corrected chi connectivity index (χ1v) is 6.30. The Hall–Kier alpha value is -0.900. The van der Waals surface area contributed by atoms with Crippen molar-refractivity contribution in [3.8, 4) is 0 Å². The summed E-state index contributed by atoms with van der Waals surface area (Å²) in [5.41, 5.74) is 1.22. The summed E-state index contributed by atoms with van der Waals surface area (Å²) in [6.07, 6.45) is 3.16. The summed E-state index contributed by atoms with van der Waals surface area (Å²) in [5, 5.41) is 0. The molecule has 0 radical (unpaired) electrons. The van der Waals surface area contributed by atoms with Gasteiger partial charge in [0.2, 0.25) is 0 Å². The number of ether oxygens (including phenoxy) is 3. The predicted octanol–water partition coefficient (Wildman–Crippen LogP) is 2.15. The van der Waals surface area contributed by atoms with Crippen LogP contribution in [0.25, 0.3) is 0 Å². The van der Waals surface area contributed by atoms with Crippen molar-refractivity contribution in [2.24, 2.45) is 0 Å². The molecule has 2 aliphatic heterocycles. The standard InChI is InChI=1S/C14H18O3/c1-2-4-11(5-3-1)8-15-9-12-6-7-13(17-12)14-10-16-14/h1-5,12-14H,6-10H2. The molecule has 1 aromatic rings. The quantitative estimate of drug-likeness (QED) is 0.731. The Bertz CT molecular complexity index is 348. The molecule has 92 valence electrons. The average molecular weight is 234 g/mol. The lowest BCUT2D eigenvalue weighted by molar-refractivity contribution is -0.0269. The molecule has 1 aromatic carbocycles. The zero-order chi connectivity index (χ0) is 11.5. The Kier molecular flexibility index (Phi) is 3.41. The highest BCUT2D eigenvalue weighted by Crippen LogP contribution is 2.29. The van der Waals surface area contributed by atoms with Crippen molar-refractivity contribution in [1.29, 1.82) is 0 Å². The second-order valence-corrected chi connectivity index (χ2v) is 4.75. The van der Waals surface area contributed by atoms with Crippen LogP contribution in [0.15, 0.2) is 30.3 Å². The molecule has 3 heteroatoms. The number of hydrogen-bond acceptors (Lipinski definition) is 3. The summed E-state index contributed by atoms with van der Waals surface area (Å²) in [4.78, 5) is 0. The van der Waals surface area contributed by atoms with E-state index in [1.165, 1.54) is 5.56 Å². The second-order valence-electron chi connectivity index (χ2n) is 4.75. The number of hydrogen-bond donors (Lipinski definition) is 0. The molecule has 2 heterocycles. The predicted molar refractivity (Wildman–Crippen MR) is 63.7 cm³/mol. The molecule has 3 unspecified atom stereocenters. The van der Waals surface area contributed by atoms with Crippen LogP contribution in [0.4, 0.5) is 0 Å². The molecule has 0 aliphatic carbocycles. The number of benzene rings is 1. The maximum absolute atomic E-state index is 5.87. The fourth-order valence-electron chi connectivity index (χ4n) is 2.28. The summed E-state index contributed by atoms with van der Waals surface area (Å²) in [7, 11) is 0. The maximum Gasteiger partial charge on any atom is 0.107 e. The van der Waals surface area contributed by atoms with Gasteiger partial charge in [0.25, 0.3) is 0 Å². The van der Waals surface area contributed by atoms with Gasteiger partial charge in [0, 0.05) is 0 Å². The molecule has 2 aliphatic rings. The minimum atomic E-state index is 0.257. The summed E-state index contributed by atoms with van der Waals surface area (Å²) >= 11 is 0. The summed E-state index contributed by atoms with van der Waals surface area (Å²) in [5.74, 6) is 0. The molecule has 0 aromatic heterocycles. The molecule has 2 fully saturated rings. The zero-order valence-electron chi connectivity index (χ0n) is 9.88. The Morgan fingerprint density at radius 3 is 2.71 bits per heavy atom. The van der Waals surface area contributed by atoms with Crippen LogP contribution in [0.1, 0.15) is 18.4 Å². The van der Waals surface area contributed by atoms with Crippen molar-refractivity contribution in [1.82, 2.24) is 0 Å². The summed E-state index contributed by atoms with van der Waals surface area (Å²) in [6.45, 7) is 2.24. The monoisotopic (exact) mass is 234 g/mol. The lowest BCUT2D eigenvalue weighted by Gasteiger charge is -2.12. The van der Waals surface area contributed by atoms with Crippen LogP contribution in [0.2, 0.25) is 0 Å². The smallest absolute Gasteiger partial charge is 0.107 e. The fourth-order valence-corrected chi connectivity index (χ4v) is 2.28. The third kappa shape index (κ3) is 3.06. The van der Waals surface area contributed by atoms with Gasteiger partial charge in [-0.2, -0.15) is 0 Å². The summed E-state index contributed by atoms with van der Waals surface area (Å²) in [6, 6.07) is 10.2. The summed E-state index contributed by atoms with van der Waals surface area (Å²) < 4.78 is 16.8. The van der Waals surface area contributed by atoms with Crippen LogP contribution in [0.3, 0.4) is 0 Å². The molecule has 0 spiro atoms. The van der Waals surface area contributed by atoms with E-state index >= 15 is 0 Å². The molecular formula is C14H18O3. The third-order valence-electron chi connectivity index (χ3n) is 3.33. The Balaban J connectivity index is 1.37. The largest absolute Gasteiger partial charge is 0.374 e. The highest BCUT2D eigenvalue weighted by molar-refractivity contribution is 5.13. The Labute approximate surface area is 102 Å². The zero-order valence-corrected chi connectivity index (χ0v) is 9.88. The van der Waals surface area contributed by atoms with Gasteiger partial charge in [-0.25, -0.2) is 0 Å². The van der Waals surface area contributed by atoms with Gasteiger partial charge in [-0.15, -0.1) is 0 Å². The topological polar surface area (TPSA) is 31.0 Å². The van der Waals surface area contributed by atoms with Gasteiger partial charge in [0.15, 0.2) is 0 Å². The molecule has 0 N–H and O–H groups in total. The van der Waals surface area contributed by atoms with Crippen molar-refractivity contribution in [3.63, 3.8) is 0 Å². The number of rotatable bonds is 5. The first-order valence-electron chi connectivity index (χ1n) is 6.30. The van der Waals surface area contributed by atoms with Crippen molar-refractivity contribution in [2.75, 3.05) is 13.2 Å². The van der Waals surface area contributed by atoms with Crippen molar-refractivity contribution in [2.45, 2.75) is 37.8 Å². The number of epoxide rings is 1. The first kappa shape index (κ1) is 11.2. The molecule has 17 heavy (non-hydrogen) atoms. The molecule has 0 bridgehead atoms. The first-order chi connectivity index (χ1) is 8.42. The normalized spacial score (nSPS) is 31.6. The van der Waals surface area contributed by atoms with Gasteiger partial charge in [-0.05, 0) is 18.4 Å². The molecular weight excluding hydrogens is 216 g/mol. The average Bonchev–Trinajstić information content (AvgIpc) is 3.11. The van der Waals surface area contributed by atoms with Gasteiger partial charge in [0.05, 0.1) is 32.0 Å². The third-order valence-corrected chi connectivity index (χ3v) is 3.33. The van der Waals surface area contributed by atoms with Crippen LogP contribution < -0.4 is 0 Å². The van der Waals surface area contributed by atoms with Crippen molar-refractivity contribution < 1.29 is 14.2 Å². The SMILES string of the molecule is c1ccc(COCC2CCC(C3CO3)O2)cc1. The lowest BCUT2D eigenvalue weighted by Crippen LogP contribution is -2.20. The van der Waals surface area contributed by atoms with E-state index in [9.17, 15) is 0 Å². The fraction of sp³-hybridized carbons (Fsp3) is 0.571. The van der Waals surface area contributed by atoms with E-state index in [2.05, 4.69) is 12.1 Å². The molecule has 3 rings (SSSR count). The second kappa shape index (κ2) is 5.17. The lowest BCUT2D eigenvalue weighted by atomic mass is 10.1. The van der Waals surface area contributed by atoms with Gasteiger partial charge in [-0.1, -0.05) is 30.3 Å². The van der Waals surface area contributed by atoms with E-state index in [-0.39, 0.29) is 6.10 Å². The van der Waals surface area contributed by atoms with Crippen LogP contribution in [-0.2, 0) is 20.8 Å². The molecule has 0 saturated carbocycles. The van der Waals surface area contributed by atoms with Crippen LogP contribution in [0.5, 0.6) is 0 Å².